The van der Waals surface area contributed by atoms with E-state index in [1.54, 1.807) is 0 Å². The molecule has 0 aliphatic carbocycles. The van der Waals surface area contributed by atoms with Gasteiger partial charge in [0.25, 0.3) is 0 Å². The van der Waals surface area contributed by atoms with Gasteiger partial charge in [-0.05, 0) is 45.5 Å². The molecule has 0 aliphatic rings. The zero-order valence-corrected chi connectivity index (χ0v) is 13.3. The second-order valence-corrected chi connectivity index (χ2v) is 6.43. The molecule has 0 saturated heterocycles. The van der Waals surface area contributed by atoms with Crippen LogP contribution in [0.4, 0.5) is 0 Å². The van der Waals surface area contributed by atoms with E-state index in [-0.39, 0.29) is 0 Å². The summed E-state index contributed by atoms with van der Waals surface area (Å²) >= 11 is 0. The van der Waals surface area contributed by atoms with Gasteiger partial charge in [0.1, 0.15) is 5.78 Å². The van der Waals surface area contributed by atoms with E-state index in [0.29, 0.717) is 24.5 Å². The van der Waals surface area contributed by atoms with Crippen LogP contribution in [0.2, 0.25) is 0 Å². The maximum Gasteiger partial charge on any atom is 0.133 e. The van der Waals surface area contributed by atoms with Crippen LogP contribution >= 0.6 is 0 Å². The number of carbonyl (C=O) groups is 1. The molecule has 0 fully saturated rings. The van der Waals surface area contributed by atoms with E-state index in [2.05, 4.69) is 68.4 Å². The monoisotopic (exact) mass is 290 g/mol. The number of fused-ring (bicyclic) bond motifs is 2. The lowest BCUT2D eigenvalue weighted by Crippen LogP contribution is -2.04. The van der Waals surface area contributed by atoms with Crippen LogP contribution in [-0.4, -0.2) is 5.78 Å². The van der Waals surface area contributed by atoms with Gasteiger partial charge < -0.3 is 0 Å². The standard InChI is InChI=1S/C21H22O/c1-15(2)13-18(22)11-12-21-19-9-5-3-7-16(19)14-17-8-4-6-10-20(17)21/h3-10,14-15H,11-13H2,1-2H3. The average molecular weight is 290 g/mol. The molecule has 0 aliphatic heterocycles. The van der Waals surface area contributed by atoms with Crippen molar-refractivity contribution in [2.24, 2.45) is 5.92 Å². The number of ketones is 1. The van der Waals surface area contributed by atoms with Crippen molar-refractivity contribution in [2.45, 2.75) is 33.1 Å². The van der Waals surface area contributed by atoms with Crippen LogP contribution in [0.1, 0.15) is 32.3 Å². The third kappa shape index (κ3) is 3.04. The van der Waals surface area contributed by atoms with E-state index in [4.69, 9.17) is 0 Å². The Bertz CT molecular complexity index is 760. The first-order chi connectivity index (χ1) is 10.6. The van der Waals surface area contributed by atoms with Gasteiger partial charge in [-0.3, -0.25) is 4.79 Å². The molecule has 1 nitrogen and oxygen atoms in total. The number of benzene rings is 3. The molecule has 3 rings (SSSR count). The predicted octanol–water partition coefficient (Wildman–Crippen LogP) is 5.54. The SMILES string of the molecule is CC(C)CC(=O)CCc1c2ccccc2cc2ccccc12. The second kappa shape index (κ2) is 6.31. The predicted molar refractivity (Wildman–Crippen MR) is 94.2 cm³/mol. The Morgan fingerprint density at radius 2 is 1.45 bits per heavy atom. The lowest BCUT2D eigenvalue weighted by molar-refractivity contribution is -0.119. The van der Waals surface area contributed by atoms with Crippen molar-refractivity contribution >= 4 is 27.3 Å². The Hall–Kier alpha value is -2.15. The van der Waals surface area contributed by atoms with Crippen molar-refractivity contribution in [3.63, 3.8) is 0 Å². The molecule has 0 saturated carbocycles. The molecule has 0 aromatic heterocycles. The summed E-state index contributed by atoms with van der Waals surface area (Å²) < 4.78 is 0. The van der Waals surface area contributed by atoms with Crippen molar-refractivity contribution in [1.29, 1.82) is 0 Å². The highest BCUT2D eigenvalue weighted by Gasteiger charge is 2.10. The lowest BCUT2D eigenvalue weighted by Gasteiger charge is -2.12. The van der Waals surface area contributed by atoms with Gasteiger partial charge in [0, 0.05) is 12.8 Å². The van der Waals surface area contributed by atoms with E-state index < -0.39 is 0 Å². The normalized spacial score (nSPS) is 11.4. The molecule has 0 N–H and O–H groups in total. The molecule has 112 valence electrons. The molecule has 3 aromatic carbocycles. The number of hydrogen-bond donors (Lipinski definition) is 0. The van der Waals surface area contributed by atoms with Gasteiger partial charge in [-0.1, -0.05) is 62.4 Å². The van der Waals surface area contributed by atoms with Crippen LogP contribution in [0.3, 0.4) is 0 Å². The van der Waals surface area contributed by atoms with Gasteiger partial charge in [0.2, 0.25) is 0 Å². The molecule has 0 atom stereocenters. The summed E-state index contributed by atoms with van der Waals surface area (Å²) in [5, 5.41) is 5.07. The summed E-state index contributed by atoms with van der Waals surface area (Å²) in [6.07, 6.45) is 2.15. The van der Waals surface area contributed by atoms with E-state index >= 15 is 0 Å². The maximum absolute atomic E-state index is 12.1. The molecule has 0 heterocycles. The highest BCUT2D eigenvalue weighted by Crippen LogP contribution is 2.29. The summed E-state index contributed by atoms with van der Waals surface area (Å²) in [6, 6.07) is 19.2. The quantitative estimate of drug-likeness (QED) is 0.564. The lowest BCUT2D eigenvalue weighted by atomic mass is 9.92. The number of carbonyl (C=O) groups excluding carboxylic acids is 1. The van der Waals surface area contributed by atoms with Gasteiger partial charge in [-0.25, -0.2) is 0 Å². The number of rotatable bonds is 5. The number of aryl methyl sites for hydroxylation is 1. The first-order valence-corrected chi connectivity index (χ1v) is 8.06. The molecule has 0 amide bonds. The van der Waals surface area contributed by atoms with E-state index in [9.17, 15) is 4.79 Å². The molecule has 22 heavy (non-hydrogen) atoms. The van der Waals surface area contributed by atoms with Crippen molar-refractivity contribution in [3.8, 4) is 0 Å². The number of Topliss-reactive ketones (excluding diaryl/α,β-unsaturated/α-hetero) is 1. The molecule has 1 heteroatoms. The Morgan fingerprint density at radius 3 is 2.00 bits per heavy atom. The second-order valence-electron chi connectivity index (χ2n) is 6.43. The first kappa shape index (κ1) is 14.8. The topological polar surface area (TPSA) is 17.1 Å². The smallest absolute Gasteiger partial charge is 0.133 e. The summed E-state index contributed by atoms with van der Waals surface area (Å²) in [5.41, 5.74) is 1.31. The minimum Gasteiger partial charge on any atom is -0.300 e. The summed E-state index contributed by atoms with van der Waals surface area (Å²) in [7, 11) is 0. The Balaban J connectivity index is 2.03. The van der Waals surface area contributed by atoms with E-state index in [1.807, 2.05) is 0 Å². The zero-order valence-electron chi connectivity index (χ0n) is 13.3. The van der Waals surface area contributed by atoms with Crippen molar-refractivity contribution in [1.82, 2.24) is 0 Å². The molecular formula is C21H22O. The molecule has 0 bridgehead atoms. The minimum absolute atomic E-state index is 0.368. The largest absolute Gasteiger partial charge is 0.300 e. The highest BCUT2D eigenvalue weighted by molar-refractivity contribution is 6.02. The maximum atomic E-state index is 12.1. The highest BCUT2D eigenvalue weighted by atomic mass is 16.1. The summed E-state index contributed by atoms with van der Waals surface area (Å²) in [4.78, 5) is 12.1. The van der Waals surface area contributed by atoms with Crippen LogP contribution in [0.25, 0.3) is 21.5 Å². The minimum atomic E-state index is 0.368. The van der Waals surface area contributed by atoms with Gasteiger partial charge in [-0.2, -0.15) is 0 Å². The molecule has 0 spiro atoms. The van der Waals surface area contributed by atoms with Crippen molar-refractivity contribution in [2.75, 3.05) is 0 Å². The van der Waals surface area contributed by atoms with Crippen LogP contribution in [0.5, 0.6) is 0 Å². The first-order valence-electron chi connectivity index (χ1n) is 8.06. The van der Waals surface area contributed by atoms with Gasteiger partial charge in [0.15, 0.2) is 0 Å². The third-order valence-corrected chi connectivity index (χ3v) is 4.17. The molecule has 3 aromatic rings. The van der Waals surface area contributed by atoms with Gasteiger partial charge in [0.05, 0.1) is 0 Å². The van der Waals surface area contributed by atoms with Crippen LogP contribution < -0.4 is 0 Å². The van der Waals surface area contributed by atoms with Crippen molar-refractivity contribution in [3.05, 3.63) is 60.2 Å². The fourth-order valence-corrected chi connectivity index (χ4v) is 3.20. The van der Waals surface area contributed by atoms with E-state index in [1.165, 1.54) is 27.1 Å². The Labute approximate surface area is 132 Å². The van der Waals surface area contributed by atoms with Crippen LogP contribution in [-0.2, 0) is 11.2 Å². The van der Waals surface area contributed by atoms with Crippen LogP contribution in [0, 0.1) is 5.92 Å². The Morgan fingerprint density at radius 1 is 0.909 bits per heavy atom. The van der Waals surface area contributed by atoms with Gasteiger partial charge in [-0.15, -0.1) is 0 Å². The van der Waals surface area contributed by atoms with Crippen molar-refractivity contribution < 1.29 is 4.79 Å². The summed E-state index contributed by atoms with van der Waals surface area (Å²) in [5.74, 6) is 0.809. The van der Waals surface area contributed by atoms with E-state index in [0.717, 1.165) is 6.42 Å². The average Bonchev–Trinajstić information content (AvgIpc) is 2.50. The third-order valence-electron chi connectivity index (χ3n) is 4.17. The zero-order chi connectivity index (χ0) is 15.5. The van der Waals surface area contributed by atoms with Crippen LogP contribution in [0.15, 0.2) is 54.6 Å². The molecular weight excluding hydrogens is 268 g/mol. The Kier molecular flexibility index (Phi) is 4.24. The van der Waals surface area contributed by atoms with Gasteiger partial charge >= 0.3 is 0 Å². The molecule has 0 unspecified atom stereocenters. The fraction of sp³-hybridized carbons (Fsp3) is 0.286. The summed E-state index contributed by atoms with van der Waals surface area (Å²) in [6.45, 7) is 4.20. The fourth-order valence-electron chi connectivity index (χ4n) is 3.20. The number of hydrogen-bond acceptors (Lipinski definition) is 1. The molecule has 0 radical (unpaired) electrons.